The van der Waals surface area contributed by atoms with E-state index < -0.39 is 6.36 Å². The fraction of sp³-hybridized carbons (Fsp3) is 0.586. The number of nitrogens with one attached hydrogen (secondary N) is 1. The summed E-state index contributed by atoms with van der Waals surface area (Å²) in [6.45, 7) is 11.6. The third-order valence-corrected chi connectivity index (χ3v) is 7.78. The summed E-state index contributed by atoms with van der Waals surface area (Å²) >= 11 is 0. The van der Waals surface area contributed by atoms with Gasteiger partial charge in [-0.05, 0) is 91.5 Å². The van der Waals surface area contributed by atoms with Crippen molar-refractivity contribution in [3.63, 3.8) is 0 Å². The fourth-order valence-electron chi connectivity index (χ4n) is 6.36. The Morgan fingerprint density at radius 1 is 1.00 bits per heavy atom. The molecule has 2 N–H and O–H groups in total. The highest BCUT2D eigenvalue weighted by Gasteiger charge is 2.40. The molecule has 2 bridgehead atoms. The van der Waals surface area contributed by atoms with Gasteiger partial charge in [0.25, 0.3) is 0 Å². The Hall–Kier alpha value is -2.21. The third kappa shape index (κ3) is 6.32. The maximum absolute atomic E-state index is 12.6. The molecule has 0 saturated heterocycles. The normalized spacial score (nSPS) is 27.0. The zero-order valence-electron chi connectivity index (χ0n) is 21.4. The first-order valence-corrected chi connectivity index (χ1v) is 12.7. The van der Waals surface area contributed by atoms with Crippen molar-refractivity contribution >= 4 is 0 Å². The monoisotopic (exact) mass is 489 g/mol. The van der Waals surface area contributed by atoms with Gasteiger partial charge in [0.15, 0.2) is 0 Å². The van der Waals surface area contributed by atoms with Crippen LogP contribution in [0.15, 0.2) is 36.4 Å². The van der Waals surface area contributed by atoms with Crippen molar-refractivity contribution in [2.75, 3.05) is 0 Å². The zero-order valence-corrected chi connectivity index (χ0v) is 21.4. The lowest BCUT2D eigenvalue weighted by Gasteiger charge is -2.48. The van der Waals surface area contributed by atoms with Crippen LogP contribution in [0.1, 0.15) is 77.8 Å². The number of rotatable bonds is 5. The lowest BCUT2D eigenvalue weighted by molar-refractivity contribution is -0.274. The van der Waals surface area contributed by atoms with Crippen LogP contribution in [-0.4, -0.2) is 17.0 Å². The van der Waals surface area contributed by atoms with Crippen LogP contribution in [0.2, 0.25) is 0 Å². The first-order chi connectivity index (χ1) is 16.2. The summed E-state index contributed by atoms with van der Waals surface area (Å²) in [7, 11) is 0. The van der Waals surface area contributed by atoms with Crippen LogP contribution in [-0.2, 0) is 12.0 Å². The molecule has 2 atom stereocenters. The predicted octanol–water partition coefficient (Wildman–Crippen LogP) is 7.95. The first kappa shape index (κ1) is 25.9. The van der Waals surface area contributed by atoms with Crippen molar-refractivity contribution in [2.24, 2.45) is 17.8 Å². The number of hydrogen-bond acceptors (Lipinski definition) is 3. The van der Waals surface area contributed by atoms with Crippen LogP contribution in [0.5, 0.6) is 11.5 Å². The summed E-state index contributed by atoms with van der Waals surface area (Å²) < 4.78 is 41.7. The Bertz CT molecular complexity index is 1020. The van der Waals surface area contributed by atoms with Gasteiger partial charge in [0.2, 0.25) is 0 Å². The summed E-state index contributed by atoms with van der Waals surface area (Å²) in [5.74, 6) is 2.23. The molecule has 6 heteroatoms. The molecule has 2 unspecified atom stereocenters. The Labute approximate surface area is 207 Å². The molecular weight excluding hydrogens is 451 g/mol. The SMILES string of the molecule is CC1CC2CC(C1)CC(C)(NCc1cc(C(C)(C)C)cc(-c3ccc(OC(F)(F)F)cc3)c1O)C2. The Morgan fingerprint density at radius 2 is 1.60 bits per heavy atom. The van der Waals surface area contributed by atoms with E-state index in [1.807, 2.05) is 6.07 Å². The van der Waals surface area contributed by atoms with Crippen LogP contribution in [0.4, 0.5) is 13.2 Å². The molecule has 2 aromatic rings. The summed E-state index contributed by atoms with van der Waals surface area (Å²) in [5.41, 5.74) is 3.03. The van der Waals surface area contributed by atoms with Crippen LogP contribution in [0.25, 0.3) is 11.1 Å². The quantitative estimate of drug-likeness (QED) is 0.448. The maximum Gasteiger partial charge on any atom is 0.573 e. The van der Waals surface area contributed by atoms with E-state index in [0.717, 1.165) is 41.7 Å². The minimum Gasteiger partial charge on any atom is -0.507 e. The number of aromatic hydroxyl groups is 1. The molecule has 0 heterocycles. The van der Waals surface area contributed by atoms with Crippen molar-refractivity contribution in [1.29, 1.82) is 0 Å². The van der Waals surface area contributed by atoms with Gasteiger partial charge in [-0.15, -0.1) is 13.2 Å². The number of hydrogen-bond donors (Lipinski definition) is 2. The van der Waals surface area contributed by atoms with E-state index in [-0.39, 0.29) is 22.5 Å². The summed E-state index contributed by atoms with van der Waals surface area (Å²) in [6, 6.07) is 9.68. The molecule has 2 aromatic carbocycles. The van der Waals surface area contributed by atoms with Crippen molar-refractivity contribution in [2.45, 2.75) is 90.6 Å². The molecule has 0 aromatic heterocycles. The van der Waals surface area contributed by atoms with Crippen LogP contribution >= 0.6 is 0 Å². The van der Waals surface area contributed by atoms with Gasteiger partial charge in [-0.2, -0.15) is 0 Å². The van der Waals surface area contributed by atoms with Gasteiger partial charge in [0.1, 0.15) is 11.5 Å². The van der Waals surface area contributed by atoms with Gasteiger partial charge in [0.05, 0.1) is 0 Å². The number of fused-ring (bicyclic) bond motifs is 2. The number of phenolic OH excluding ortho intramolecular Hbond substituents is 1. The second-order valence-electron chi connectivity index (χ2n) is 12.2. The largest absolute Gasteiger partial charge is 0.573 e. The topological polar surface area (TPSA) is 41.5 Å². The second kappa shape index (κ2) is 9.34. The molecule has 0 aliphatic heterocycles. The highest BCUT2D eigenvalue weighted by Crippen LogP contribution is 2.47. The molecule has 192 valence electrons. The van der Waals surface area contributed by atoms with E-state index >= 15 is 0 Å². The predicted molar refractivity (Wildman–Crippen MR) is 133 cm³/mol. The summed E-state index contributed by atoms with van der Waals surface area (Å²) in [5, 5.41) is 15.0. The Morgan fingerprint density at radius 3 is 2.14 bits per heavy atom. The van der Waals surface area contributed by atoms with Crippen molar-refractivity contribution < 1.29 is 23.0 Å². The van der Waals surface area contributed by atoms with Gasteiger partial charge in [-0.1, -0.05) is 45.9 Å². The standard InChI is InChI=1S/C29H38F3NO2/c1-18-10-19-12-20(11-18)16-28(5,15-19)33-17-22-13-23(27(2,3)4)14-25(26(22)34)21-6-8-24(9-7-21)35-29(30,31)32/h6-9,13-14,18-20,33-34H,10-12,15-17H2,1-5H3. The third-order valence-electron chi connectivity index (χ3n) is 7.78. The van der Waals surface area contributed by atoms with E-state index in [1.54, 1.807) is 12.1 Å². The minimum absolute atomic E-state index is 0.0364. The highest BCUT2D eigenvalue weighted by molar-refractivity contribution is 5.73. The van der Waals surface area contributed by atoms with Crippen LogP contribution < -0.4 is 10.1 Å². The summed E-state index contributed by atoms with van der Waals surface area (Å²) in [6.07, 6.45) is 1.51. The van der Waals surface area contributed by atoms with Gasteiger partial charge < -0.3 is 15.2 Å². The summed E-state index contributed by atoms with van der Waals surface area (Å²) in [4.78, 5) is 0. The number of ether oxygens (including phenoxy) is 1. The van der Waals surface area contributed by atoms with Crippen LogP contribution in [0.3, 0.4) is 0 Å². The fourth-order valence-corrected chi connectivity index (χ4v) is 6.36. The Kier molecular flexibility index (Phi) is 6.91. The molecule has 2 saturated carbocycles. The van der Waals surface area contributed by atoms with Crippen molar-refractivity contribution in [1.82, 2.24) is 5.32 Å². The molecule has 3 nitrogen and oxygen atoms in total. The van der Waals surface area contributed by atoms with Crippen molar-refractivity contribution in [3.8, 4) is 22.6 Å². The molecule has 0 radical (unpaired) electrons. The van der Waals surface area contributed by atoms with Crippen molar-refractivity contribution in [3.05, 3.63) is 47.5 Å². The average Bonchev–Trinajstić information content (AvgIpc) is 2.70. The lowest BCUT2D eigenvalue weighted by atomic mass is 9.62. The average molecular weight is 490 g/mol. The van der Waals surface area contributed by atoms with Gasteiger partial charge in [-0.25, -0.2) is 0 Å². The molecule has 35 heavy (non-hydrogen) atoms. The number of alkyl halides is 3. The minimum atomic E-state index is -4.74. The number of phenols is 1. The van der Waals surface area contributed by atoms with Crippen LogP contribution in [0, 0.1) is 17.8 Å². The van der Waals surface area contributed by atoms with E-state index in [9.17, 15) is 18.3 Å². The molecule has 2 aliphatic rings. The molecule has 0 spiro atoms. The zero-order chi connectivity index (χ0) is 25.6. The maximum atomic E-state index is 12.6. The lowest BCUT2D eigenvalue weighted by Crippen LogP contribution is -2.50. The van der Waals surface area contributed by atoms with E-state index in [0.29, 0.717) is 17.7 Å². The number of benzene rings is 2. The molecular formula is C29H38F3NO2. The highest BCUT2D eigenvalue weighted by atomic mass is 19.4. The smallest absolute Gasteiger partial charge is 0.507 e. The molecule has 2 aliphatic carbocycles. The van der Waals surface area contributed by atoms with Gasteiger partial charge >= 0.3 is 6.36 Å². The molecule has 0 amide bonds. The van der Waals surface area contributed by atoms with E-state index in [1.165, 1.54) is 31.4 Å². The first-order valence-electron chi connectivity index (χ1n) is 12.7. The van der Waals surface area contributed by atoms with Gasteiger partial charge in [0, 0.05) is 23.2 Å². The Balaban J connectivity index is 1.60. The second-order valence-corrected chi connectivity index (χ2v) is 12.2. The van der Waals surface area contributed by atoms with Gasteiger partial charge in [-0.3, -0.25) is 0 Å². The molecule has 4 rings (SSSR count). The van der Waals surface area contributed by atoms with E-state index in [2.05, 4.69) is 50.7 Å². The van der Waals surface area contributed by atoms with E-state index in [4.69, 9.17) is 0 Å². The number of halogens is 3. The molecule has 2 fully saturated rings.